The van der Waals surface area contributed by atoms with Crippen LogP contribution < -0.4 is 0 Å². The molecule has 1 nitrogen and oxygen atoms in total. The van der Waals surface area contributed by atoms with E-state index in [0.717, 1.165) is 4.47 Å². The van der Waals surface area contributed by atoms with E-state index < -0.39 is 11.9 Å². The summed E-state index contributed by atoms with van der Waals surface area (Å²) in [5.41, 5.74) is 0.132. The second kappa shape index (κ2) is 3.63. The zero-order chi connectivity index (χ0) is 11.1. The highest BCUT2D eigenvalue weighted by molar-refractivity contribution is 9.10. The van der Waals surface area contributed by atoms with Crippen LogP contribution in [0.4, 0.5) is 13.2 Å². The molecule has 15 heavy (non-hydrogen) atoms. The number of alkyl halides is 3. The summed E-state index contributed by atoms with van der Waals surface area (Å²) in [4.78, 5) is 3.55. The largest absolute Gasteiger partial charge is 0.433 e. The van der Waals surface area contributed by atoms with Crippen molar-refractivity contribution in [2.24, 2.45) is 4.99 Å². The van der Waals surface area contributed by atoms with Crippen molar-refractivity contribution >= 4 is 21.6 Å². The number of fused-ring (bicyclic) bond motifs is 1. The van der Waals surface area contributed by atoms with Crippen molar-refractivity contribution in [1.29, 1.82) is 0 Å². The van der Waals surface area contributed by atoms with E-state index in [2.05, 4.69) is 20.9 Å². The third-order valence-corrected chi connectivity index (χ3v) is 3.02. The Bertz CT molecular complexity index is 423. The van der Waals surface area contributed by atoms with Gasteiger partial charge in [0, 0.05) is 16.6 Å². The van der Waals surface area contributed by atoms with Crippen LogP contribution in [-0.4, -0.2) is 18.4 Å². The van der Waals surface area contributed by atoms with E-state index in [-0.39, 0.29) is 12.1 Å². The van der Waals surface area contributed by atoms with Gasteiger partial charge in [-0.15, -0.1) is 0 Å². The molecular formula is C10H7BrF3N. The van der Waals surface area contributed by atoms with Crippen molar-refractivity contribution in [3.05, 3.63) is 33.8 Å². The van der Waals surface area contributed by atoms with E-state index in [1.807, 2.05) is 0 Å². The summed E-state index contributed by atoms with van der Waals surface area (Å²) in [6.45, 7) is 0.199. The molecule has 80 valence electrons. The van der Waals surface area contributed by atoms with E-state index in [4.69, 9.17) is 0 Å². The molecule has 0 unspecified atom stereocenters. The quantitative estimate of drug-likeness (QED) is 0.690. The van der Waals surface area contributed by atoms with Crippen LogP contribution in [0.15, 0.2) is 27.7 Å². The highest BCUT2D eigenvalue weighted by atomic mass is 79.9. The van der Waals surface area contributed by atoms with Gasteiger partial charge in [-0.3, -0.25) is 4.99 Å². The number of halogens is 4. The first-order valence-electron chi connectivity index (χ1n) is 4.39. The Kier molecular flexibility index (Phi) is 2.58. The molecule has 0 amide bonds. The van der Waals surface area contributed by atoms with Gasteiger partial charge < -0.3 is 0 Å². The van der Waals surface area contributed by atoms with Gasteiger partial charge in [-0.1, -0.05) is 28.1 Å². The van der Waals surface area contributed by atoms with Gasteiger partial charge in [0.15, 0.2) is 0 Å². The molecule has 0 atom stereocenters. The molecule has 0 aromatic heterocycles. The van der Waals surface area contributed by atoms with Crippen LogP contribution in [-0.2, 0) is 6.42 Å². The fourth-order valence-electron chi connectivity index (χ4n) is 1.64. The lowest BCUT2D eigenvalue weighted by Gasteiger charge is -2.19. The van der Waals surface area contributed by atoms with Crippen molar-refractivity contribution in [2.45, 2.75) is 12.6 Å². The summed E-state index contributed by atoms with van der Waals surface area (Å²) in [5, 5.41) is 0. The summed E-state index contributed by atoms with van der Waals surface area (Å²) in [5.74, 6) is 0. The smallest absolute Gasteiger partial charge is 0.280 e. The molecule has 1 heterocycles. The van der Waals surface area contributed by atoms with Crippen LogP contribution in [0.1, 0.15) is 11.1 Å². The van der Waals surface area contributed by atoms with Gasteiger partial charge in [-0.25, -0.2) is 0 Å². The molecule has 0 bridgehead atoms. The summed E-state index contributed by atoms with van der Waals surface area (Å²) < 4.78 is 38.5. The van der Waals surface area contributed by atoms with Crippen molar-refractivity contribution < 1.29 is 13.2 Å². The van der Waals surface area contributed by atoms with Gasteiger partial charge in [0.2, 0.25) is 0 Å². The molecule has 0 saturated heterocycles. The average molecular weight is 278 g/mol. The normalized spacial score (nSPS) is 15.9. The summed E-state index contributed by atoms with van der Waals surface area (Å²) in [6.07, 6.45) is -3.81. The highest BCUT2D eigenvalue weighted by Gasteiger charge is 2.39. The van der Waals surface area contributed by atoms with Crippen LogP contribution in [0.2, 0.25) is 0 Å². The molecule has 0 spiro atoms. The Labute approximate surface area is 93.1 Å². The van der Waals surface area contributed by atoms with Crippen molar-refractivity contribution in [1.82, 2.24) is 0 Å². The molecule has 5 heteroatoms. The first-order valence-corrected chi connectivity index (χ1v) is 5.19. The molecular weight excluding hydrogens is 271 g/mol. The summed E-state index contributed by atoms with van der Waals surface area (Å²) >= 11 is 3.25. The minimum Gasteiger partial charge on any atom is -0.280 e. The van der Waals surface area contributed by atoms with Crippen molar-refractivity contribution in [3.8, 4) is 0 Å². The van der Waals surface area contributed by atoms with Gasteiger partial charge >= 0.3 is 6.18 Å². The Morgan fingerprint density at radius 1 is 1.27 bits per heavy atom. The SMILES string of the molecule is FC(F)(F)C1=NCCc2c(Br)cccc21. The van der Waals surface area contributed by atoms with E-state index >= 15 is 0 Å². The standard InChI is InChI=1S/C10H7BrF3N/c11-8-3-1-2-7-6(8)4-5-15-9(7)10(12,13)14/h1-3H,4-5H2. The second-order valence-electron chi connectivity index (χ2n) is 3.24. The lowest BCUT2D eigenvalue weighted by molar-refractivity contribution is -0.0584. The summed E-state index contributed by atoms with van der Waals surface area (Å²) in [7, 11) is 0. The van der Waals surface area contributed by atoms with Crippen LogP contribution in [0.3, 0.4) is 0 Å². The lowest BCUT2D eigenvalue weighted by atomic mass is 9.97. The van der Waals surface area contributed by atoms with Gasteiger partial charge in [0.05, 0.1) is 0 Å². The van der Waals surface area contributed by atoms with E-state index in [9.17, 15) is 13.2 Å². The first kappa shape index (κ1) is 10.7. The molecule has 0 saturated carbocycles. The van der Waals surface area contributed by atoms with Crippen molar-refractivity contribution in [3.63, 3.8) is 0 Å². The lowest BCUT2D eigenvalue weighted by Crippen LogP contribution is -2.28. The first-order chi connectivity index (χ1) is 7.00. The van der Waals surface area contributed by atoms with Crippen LogP contribution in [0.25, 0.3) is 0 Å². The van der Waals surface area contributed by atoms with E-state index in [1.165, 1.54) is 6.07 Å². The number of nitrogens with zero attached hydrogens (tertiary/aromatic N) is 1. The third-order valence-electron chi connectivity index (χ3n) is 2.27. The maximum atomic E-state index is 12.6. The minimum atomic E-state index is -4.37. The number of hydrogen-bond acceptors (Lipinski definition) is 1. The Hall–Kier alpha value is -0.840. The second-order valence-corrected chi connectivity index (χ2v) is 4.10. The molecule has 1 aromatic rings. The zero-order valence-corrected chi connectivity index (χ0v) is 9.19. The predicted molar refractivity (Wildman–Crippen MR) is 55.3 cm³/mol. The molecule has 1 aliphatic rings. The molecule has 1 aromatic carbocycles. The van der Waals surface area contributed by atoms with E-state index in [0.29, 0.717) is 12.0 Å². The maximum absolute atomic E-state index is 12.6. The monoisotopic (exact) mass is 277 g/mol. The fraction of sp³-hybridized carbons (Fsp3) is 0.300. The molecule has 0 aliphatic carbocycles. The number of rotatable bonds is 0. The minimum absolute atomic E-state index is 0.197. The predicted octanol–water partition coefficient (Wildman–Crippen LogP) is 3.36. The summed E-state index contributed by atoms with van der Waals surface area (Å²) in [6, 6.07) is 4.80. The average Bonchev–Trinajstić information content (AvgIpc) is 2.16. The molecule has 2 rings (SSSR count). The van der Waals surface area contributed by atoms with Crippen LogP contribution in [0, 0.1) is 0 Å². The molecule has 1 aliphatic heterocycles. The van der Waals surface area contributed by atoms with Gasteiger partial charge in [0.1, 0.15) is 5.71 Å². The third kappa shape index (κ3) is 1.93. The Morgan fingerprint density at radius 2 is 2.00 bits per heavy atom. The topological polar surface area (TPSA) is 12.4 Å². The molecule has 0 radical (unpaired) electrons. The number of benzene rings is 1. The van der Waals surface area contributed by atoms with Crippen LogP contribution in [0.5, 0.6) is 0 Å². The van der Waals surface area contributed by atoms with Gasteiger partial charge in [0.25, 0.3) is 0 Å². The number of aliphatic imine (C=N–C) groups is 1. The highest BCUT2D eigenvalue weighted by Crippen LogP contribution is 2.31. The molecule has 0 N–H and O–H groups in total. The zero-order valence-electron chi connectivity index (χ0n) is 7.61. The Morgan fingerprint density at radius 3 is 2.67 bits per heavy atom. The number of hydrogen-bond donors (Lipinski definition) is 0. The van der Waals surface area contributed by atoms with Gasteiger partial charge in [-0.2, -0.15) is 13.2 Å². The maximum Gasteiger partial charge on any atom is 0.433 e. The fourth-order valence-corrected chi connectivity index (χ4v) is 2.21. The van der Waals surface area contributed by atoms with E-state index in [1.54, 1.807) is 12.1 Å². The van der Waals surface area contributed by atoms with Crippen LogP contribution >= 0.6 is 15.9 Å². The van der Waals surface area contributed by atoms with Gasteiger partial charge in [-0.05, 0) is 18.1 Å². The molecule has 0 fully saturated rings. The van der Waals surface area contributed by atoms with Crippen molar-refractivity contribution in [2.75, 3.05) is 6.54 Å². The Balaban J connectivity index is 2.57.